The maximum Gasteiger partial charge on any atom is 0.142 e. The summed E-state index contributed by atoms with van der Waals surface area (Å²) in [6, 6.07) is 7.71. The third kappa shape index (κ3) is 4.88. The molecule has 19 heavy (non-hydrogen) atoms. The van der Waals surface area contributed by atoms with Crippen molar-refractivity contribution in [3.63, 3.8) is 0 Å². The molecule has 4 heteroatoms. The minimum Gasteiger partial charge on any atom is -0.357 e. The lowest BCUT2D eigenvalue weighted by molar-refractivity contribution is 0.300. The Morgan fingerprint density at radius 2 is 1.84 bits per heavy atom. The van der Waals surface area contributed by atoms with Gasteiger partial charge in [-0.05, 0) is 45.1 Å². The normalized spacial score (nSPS) is 10.5. The van der Waals surface area contributed by atoms with E-state index in [1.165, 1.54) is 0 Å². The van der Waals surface area contributed by atoms with Gasteiger partial charge < -0.3 is 9.80 Å². The Morgan fingerprint density at radius 1 is 1.11 bits per heavy atom. The summed E-state index contributed by atoms with van der Waals surface area (Å²) >= 11 is 0. The van der Waals surface area contributed by atoms with Crippen molar-refractivity contribution in [2.45, 2.75) is 27.2 Å². The maximum absolute atomic E-state index is 8.89. The van der Waals surface area contributed by atoms with Crippen LogP contribution < -0.4 is 4.90 Å². The van der Waals surface area contributed by atoms with Gasteiger partial charge in [0, 0.05) is 13.1 Å². The zero-order chi connectivity index (χ0) is 14.1. The highest BCUT2D eigenvalue weighted by Crippen LogP contribution is 2.11. The molecule has 0 aliphatic rings. The number of nitrogens with zero attached hydrogens (tertiary/aromatic N) is 4. The van der Waals surface area contributed by atoms with Crippen LogP contribution >= 0.6 is 0 Å². The van der Waals surface area contributed by atoms with E-state index in [9.17, 15) is 0 Å². The van der Waals surface area contributed by atoms with E-state index < -0.39 is 0 Å². The van der Waals surface area contributed by atoms with Gasteiger partial charge >= 0.3 is 0 Å². The molecule has 0 spiro atoms. The topological polar surface area (TPSA) is 43.2 Å². The molecule has 0 unspecified atom stereocenters. The maximum atomic E-state index is 8.89. The number of hydrogen-bond donors (Lipinski definition) is 0. The van der Waals surface area contributed by atoms with E-state index in [2.05, 4.69) is 41.6 Å². The third-order valence-corrected chi connectivity index (χ3v) is 3.35. The predicted octanol–water partition coefficient (Wildman–Crippen LogP) is 2.51. The smallest absolute Gasteiger partial charge is 0.142 e. The Balaban J connectivity index is 2.55. The number of aromatic nitrogens is 1. The molecule has 1 aromatic heterocycles. The van der Waals surface area contributed by atoms with E-state index in [1.54, 1.807) is 6.07 Å². The van der Waals surface area contributed by atoms with Crippen LogP contribution in [0.5, 0.6) is 0 Å². The first-order valence-corrected chi connectivity index (χ1v) is 7.09. The molecule has 0 aromatic carbocycles. The number of rotatable bonds is 8. The molecule has 0 aliphatic carbocycles. The SMILES string of the molecule is CCN(CC)CCCN(CC)c1cccc(C#N)n1. The minimum atomic E-state index is 0.486. The molecule has 0 fully saturated rings. The Morgan fingerprint density at radius 3 is 2.42 bits per heavy atom. The summed E-state index contributed by atoms with van der Waals surface area (Å²) in [5.74, 6) is 0.904. The summed E-state index contributed by atoms with van der Waals surface area (Å²) in [6.45, 7) is 11.7. The average molecular weight is 260 g/mol. The molecule has 1 heterocycles. The molecule has 0 saturated heterocycles. The molecular formula is C15H24N4. The molecule has 0 N–H and O–H groups in total. The molecule has 104 valence electrons. The lowest BCUT2D eigenvalue weighted by atomic mass is 10.3. The van der Waals surface area contributed by atoms with Crippen LogP contribution in [0, 0.1) is 11.3 Å². The highest BCUT2D eigenvalue weighted by Gasteiger charge is 2.07. The van der Waals surface area contributed by atoms with Crippen LogP contribution in [0.25, 0.3) is 0 Å². The third-order valence-electron chi connectivity index (χ3n) is 3.35. The average Bonchev–Trinajstić information content (AvgIpc) is 2.47. The van der Waals surface area contributed by atoms with Crippen LogP contribution in [0.1, 0.15) is 32.9 Å². The van der Waals surface area contributed by atoms with Crippen molar-refractivity contribution in [3.8, 4) is 6.07 Å². The molecule has 0 saturated carbocycles. The molecule has 0 aliphatic heterocycles. The monoisotopic (exact) mass is 260 g/mol. The van der Waals surface area contributed by atoms with Crippen LogP contribution in [-0.2, 0) is 0 Å². The highest BCUT2D eigenvalue weighted by atomic mass is 15.2. The standard InChI is InChI=1S/C15H24N4/c1-4-18(5-2)11-8-12-19(6-3)15-10-7-9-14(13-16)17-15/h7,9-10H,4-6,8,11-12H2,1-3H3. The number of nitriles is 1. The second-order valence-electron chi connectivity index (χ2n) is 4.45. The van der Waals surface area contributed by atoms with Crippen molar-refractivity contribution in [2.24, 2.45) is 0 Å². The van der Waals surface area contributed by atoms with E-state index in [-0.39, 0.29) is 0 Å². The highest BCUT2D eigenvalue weighted by molar-refractivity contribution is 5.41. The quantitative estimate of drug-likeness (QED) is 0.720. The first-order valence-electron chi connectivity index (χ1n) is 7.09. The number of hydrogen-bond acceptors (Lipinski definition) is 4. The second-order valence-corrected chi connectivity index (χ2v) is 4.45. The van der Waals surface area contributed by atoms with Gasteiger partial charge in [0.2, 0.25) is 0 Å². The van der Waals surface area contributed by atoms with Gasteiger partial charge in [0.15, 0.2) is 0 Å². The van der Waals surface area contributed by atoms with Gasteiger partial charge in [0.25, 0.3) is 0 Å². The largest absolute Gasteiger partial charge is 0.357 e. The van der Waals surface area contributed by atoms with Gasteiger partial charge in [-0.25, -0.2) is 4.98 Å². The van der Waals surface area contributed by atoms with Crippen LogP contribution in [0.2, 0.25) is 0 Å². The molecule has 4 nitrogen and oxygen atoms in total. The fourth-order valence-electron chi connectivity index (χ4n) is 2.12. The van der Waals surface area contributed by atoms with E-state index in [1.807, 2.05) is 12.1 Å². The summed E-state index contributed by atoms with van der Waals surface area (Å²) in [6.07, 6.45) is 1.12. The number of pyridine rings is 1. The van der Waals surface area contributed by atoms with Crippen LogP contribution in [-0.4, -0.2) is 42.6 Å². The molecule has 0 bridgehead atoms. The van der Waals surface area contributed by atoms with Crippen molar-refractivity contribution < 1.29 is 0 Å². The van der Waals surface area contributed by atoms with Gasteiger partial charge in [0.05, 0.1) is 0 Å². The Bertz CT molecular complexity index is 407. The summed E-state index contributed by atoms with van der Waals surface area (Å²) in [7, 11) is 0. The zero-order valence-electron chi connectivity index (χ0n) is 12.3. The molecule has 1 rings (SSSR count). The van der Waals surface area contributed by atoms with E-state index >= 15 is 0 Å². The van der Waals surface area contributed by atoms with Crippen LogP contribution in [0.15, 0.2) is 18.2 Å². The first kappa shape index (κ1) is 15.5. The molecule has 0 radical (unpaired) electrons. The van der Waals surface area contributed by atoms with Crippen LogP contribution in [0.4, 0.5) is 5.82 Å². The molecule has 0 atom stereocenters. The Labute approximate surface area is 116 Å². The summed E-state index contributed by atoms with van der Waals surface area (Å²) in [4.78, 5) is 9.00. The van der Waals surface area contributed by atoms with Gasteiger partial charge in [-0.2, -0.15) is 5.26 Å². The summed E-state index contributed by atoms with van der Waals surface area (Å²) < 4.78 is 0. The fourth-order valence-corrected chi connectivity index (χ4v) is 2.12. The van der Waals surface area contributed by atoms with E-state index in [0.717, 1.165) is 45.0 Å². The first-order chi connectivity index (χ1) is 9.24. The van der Waals surface area contributed by atoms with Crippen molar-refractivity contribution in [1.82, 2.24) is 9.88 Å². The fraction of sp³-hybridized carbons (Fsp3) is 0.600. The van der Waals surface area contributed by atoms with Gasteiger partial charge in [-0.1, -0.05) is 19.9 Å². The molecular weight excluding hydrogens is 236 g/mol. The summed E-state index contributed by atoms with van der Waals surface area (Å²) in [5, 5.41) is 8.89. The van der Waals surface area contributed by atoms with Gasteiger partial charge in [-0.3, -0.25) is 0 Å². The van der Waals surface area contributed by atoms with E-state index in [0.29, 0.717) is 5.69 Å². The van der Waals surface area contributed by atoms with Crippen molar-refractivity contribution in [3.05, 3.63) is 23.9 Å². The lowest BCUT2D eigenvalue weighted by Crippen LogP contribution is -2.30. The Kier molecular flexibility index (Phi) is 6.91. The zero-order valence-corrected chi connectivity index (χ0v) is 12.3. The van der Waals surface area contributed by atoms with Crippen molar-refractivity contribution >= 4 is 5.82 Å². The number of anilines is 1. The predicted molar refractivity (Wildman–Crippen MR) is 79.2 cm³/mol. The summed E-state index contributed by atoms with van der Waals surface area (Å²) in [5.41, 5.74) is 0.486. The van der Waals surface area contributed by atoms with Gasteiger partial charge in [-0.15, -0.1) is 0 Å². The van der Waals surface area contributed by atoms with E-state index in [4.69, 9.17) is 5.26 Å². The second kappa shape index (κ2) is 8.49. The minimum absolute atomic E-state index is 0.486. The van der Waals surface area contributed by atoms with Crippen LogP contribution in [0.3, 0.4) is 0 Å². The van der Waals surface area contributed by atoms with Crippen molar-refractivity contribution in [2.75, 3.05) is 37.6 Å². The van der Waals surface area contributed by atoms with Crippen molar-refractivity contribution in [1.29, 1.82) is 5.26 Å². The molecule has 1 aromatic rings. The lowest BCUT2D eigenvalue weighted by Gasteiger charge is -2.24. The van der Waals surface area contributed by atoms with Gasteiger partial charge in [0.1, 0.15) is 17.6 Å². The molecule has 0 amide bonds. The Hall–Kier alpha value is -1.60.